The van der Waals surface area contributed by atoms with E-state index >= 15 is 0 Å². The number of aliphatic hydroxyl groups is 1. The quantitative estimate of drug-likeness (QED) is 0.922. The first-order valence-corrected chi connectivity index (χ1v) is 8.09. The molecule has 0 saturated carbocycles. The van der Waals surface area contributed by atoms with Gasteiger partial charge in [-0.3, -0.25) is 9.88 Å². The number of benzene rings is 1. The summed E-state index contributed by atoms with van der Waals surface area (Å²) in [6.45, 7) is 6.73. The van der Waals surface area contributed by atoms with Crippen LogP contribution in [0.2, 0.25) is 0 Å². The number of ether oxygens (including phenoxy) is 1. The smallest absolute Gasteiger partial charge is 0.119 e. The summed E-state index contributed by atoms with van der Waals surface area (Å²) in [6, 6.07) is 12.0. The van der Waals surface area contributed by atoms with Crippen LogP contribution in [0.4, 0.5) is 0 Å². The summed E-state index contributed by atoms with van der Waals surface area (Å²) in [5.74, 6) is 0.819. The zero-order valence-electron chi connectivity index (χ0n) is 13.8. The monoisotopic (exact) mass is 312 g/mol. The summed E-state index contributed by atoms with van der Waals surface area (Å²) in [5, 5.41) is 10.8. The standard InChI is InChI=1S/C19H24N2O2/c1-15-5-3-7-18(11-15)23-14-19(22)8-10-21(13-19)12-17-6-4-9-20-16(17)2/h3-7,9,11,22H,8,10,12-14H2,1-2H3. The van der Waals surface area contributed by atoms with E-state index in [1.807, 2.05) is 50.4 Å². The van der Waals surface area contributed by atoms with Crippen LogP contribution in [-0.2, 0) is 6.54 Å². The number of aryl methyl sites for hydroxylation is 2. The van der Waals surface area contributed by atoms with E-state index in [9.17, 15) is 5.11 Å². The fraction of sp³-hybridized carbons (Fsp3) is 0.421. The molecule has 1 N–H and O–H groups in total. The predicted molar refractivity (Wildman–Crippen MR) is 90.5 cm³/mol. The Balaban J connectivity index is 1.56. The number of pyridine rings is 1. The minimum atomic E-state index is -0.778. The average Bonchev–Trinajstić information content (AvgIpc) is 2.90. The van der Waals surface area contributed by atoms with Gasteiger partial charge in [0.2, 0.25) is 0 Å². The van der Waals surface area contributed by atoms with Gasteiger partial charge in [0.15, 0.2) is 0 Å². The Bertz CT molecular complexity index is 674. The molecular formula is C19H24N2O2. The molecule has 2 heterocycles. The number of likely N-dealkylation sites (tertiary alicyclic amines) is 1. The molecular weight excluding hydrogens is 288 g/mol. The van der Waals surface area contributed by atoms with E-state index in [1.54, 1.807) is 0 Å². The first kappa shape index (κ1) is 16.0. The van der Waals surface area contributed by atoms with Gasteiger partial charge in [-0.15, -0.1) is 0 Å². The Morgan fingerprint density at radius 3 is 2.91 bits per heavy atom. The normalized spacial score (nSPS) is 21.5. The maximum absolute atomic E-state index is 10.8. The van der Waals surface area contributed by atoms with Crippen molar-refractivity contribution < 1.29 is 9.84 Å². The van der Waals surface area contributed by atoms with Crippen LogP contribution in [0.25, 0.3) is 0 Å². The molecule has 0 radical (unpaired) electrons. The van der Waals surface area contributed by atoms with Gasteiger partial charge in [-0.2, -0.15) is 0 Å². The molecule has 0 amide bonds. The summed E-state index contributed by atoms with van der Waals surface area (Å²) in [5.41, 5.74) is 2.66. The van der Waals surface area contributed by atoms with Crippen molar-refractivity contribution in [2.24, 2.45) is 0 Å². The number of nitrogens with zero attached hydrogens (tertiary/aromatic N) is 2. The van der Waals surface area contributed by atoms with Crippen LogP contribution < -0.4 is 4.74 Å². The number of β-amino-alcohol motifs (C(OH)–C–C–N with tert-alkyl or cyclic N) is 1. The summed E-state index contributed by atoms with van der Waals surface area (Å²) in [4.78, 5) is 6.60. The van der Waals surface area contributed by atoms with Crippen molar-refractivity contribution in [3.8, 4) is 5.75 Å². The average molecular weight is 312 g/mol. The lowest BCUT2D eigenvalue weighted by atomic mass is 10.1. The molecule has 1 fully saturated rings. The third-order valence-electron chi connectivity index (χ3n) is 4.42. The maximum Gasteiger partial charge on any atom is 0.119 e. The van der Waals surface area contributed by atoms with E-state index in [4.69, 9.17) is 4.74 Å². The topological polar surface area (TPSA) is 45.6 Å². The van der Waals surface area contributed by atoms with Gasteiger partial charge >= 0.3 is 0 Å². The Morgan fingerprint density at radius 2 is 2.13 bits per heavy atom. The number of rotatable bonds is 5. The second-order valence-corrected chi connectivity index (χ2v) is 6.54. The van der Waals surface area contributed by atoms with Gasteiger partial charge in [-0.1, -0.05) is 18.2 Å². The molecule has 2 aromatic rings. The molecule has 122 valence electrons. The molecule has 3 rings (SSSR count). The Morgan fingerprint density at radius 1 is 1.26 bits per heavy atom. The Hall–Kier alpha value is -1.91. The number of aromatic nitrogens is 1. The lowest BCUT2D eigenvalue weighted by Gasteiger charge is -2.24. The zero-order chi connectivity index (χ0) is 16.3. The van der Waals surface area contributed by atoms with E-state index in [2.05, 4.69) is 16.0 Å². The van der Waals surface area contributed by atoms with Crippen LogP contribution in [0.3, 0.4) is 0 Å². The van der Waals surface area contributed by atoms with Crippen LogP contribution in [0, 0.1) is 13.8 Å². The highest BCUT2D eigenvalue weighted by atomic mass is 16.5. The second-order valence-electron chi connectivity index (χ2n) is 6.54. The van der Waals surface area contributed by atoms with Crippen molar-refractivity contribution in [3.05, 3.63) is 59.4 Å². The lowest BCUT2D eigenvalue weighted by molar-refractivity contribution is 0.00334. The van der Waals surface area contributed by atoms with Gasteiger partial charge in [0, 0.05) is 31.5 Å². The summed E-state index contributed by atoms with van der Waals surface area (Å²) in [7, 11) is 0. The minimum absolute atomic E-state index is 0.332. The molecule has 1 aliphatic rings. The molecule has 1 aromatic carbocycles. The molecule has 0 aliphatic carbocycles. The zero-order valence-corrected chi connectivity index (χ0v) is 13.8. The number of hydrogen-bond acceptors (Lipinski definition) is 4. The summed E-state index contributed by atoms with van der Waals surface area (Å²) in [6.07, 6.45) is 2.55. The summed E-state index contributed by atoms with van der Waals surface area (Å²) >= 11 is 0. The molecule has 1 aliphatic heterocycles. The second kappa shape index (κ2) is 6.69. The van der Waals surface area contributed by atoms with Gasteiger partial charge < -0.3 is 9.84 Å². The Labute approximate surface area is 137 Å². The van der Waals surface area contributed by atoms with Gasteiger partial charge in [-0.05, 0) is 49.6 Å². The van der Waals surface area contributed by atoms with Crippen molar-refractivity contribution in [1.29, 1.82) is 0 Å². The lowest BCUT2D eigenvalue weighted by Crippen LogP contribution is -2.39. The van der Waals surface area contributed by atoms with Crippen LogP contribution in [-0.4, -0.2) is 40.3 Å². The molecule has 4 heteroatoms. The maximum atomic E-state index is 10.8. The molecule has 1 aromatic heterocycles. The van der Waals surface area contributed by atoms with Gasteiger partial charge in [0.25, 0.3) is 0 Å². The fourth-order valence-corrected chi connectivity index (χ4v) is 3.04. The van der Waals surface area contributed by atoms with Crippen LogP contribution in [0.1, 0.15) is 23.2 Å². The first-order chi connectivity index (χ1) is 11.0. The van der Waals surface area contributed by atoms with Gasteiger partial charge in [0.1, 0.15) is 18.0 Å². The minimum Gasteiger partial charge on any atom is -0.491 e. The van der Waals surface area contributed by atoms with Crippen LogP contribution >= 0.6 is 0 Å². The first-order valence-electron chi connectivity index (χ1n) is 8.09. The Kier molecular flexibility index (Phi) is 4.64. The third kappa shape index (κ3) is 4.09. The van der Waals surface area contributed by atoms with Crippen molar-refractivity contribution in [2.45, 2.75) is 32.4 Å². The van der Waals surface area contributed by atoms with E-state index in [-0.39, 0.29) is 0 Å². The molecule has 1 unspecified atom stereocenters. The van der Waals surface area contributed by atoms with E-state index in [1.165, 1.54) is 5.56 Å². The molecule has 23 heavy (non-hydrogen) atoms. The molecule has 0 bridgehead atoms. The third-order valence-corrected chi connectivity index (χ3v) is 4.42. The van der Waals surface area contributed by atoms with Crippen LogP contribution in [0.15, 0.2) is 42.6 Å². The highest BCUT2D eigenvalue weighted by Gasteiger charge is 2.36. The molecule has 4 nitrogen and oxygen atoms in total. The highest BCUT2D eigenvalue weighted by Crippen LogP contribution is 2.25. The van der Waals surface area contributed by atoms with Gasteiger partial charge in [0.05, 0.1) is 0 Å². The van der Waals surface area contributed by atoms with Gasteiger partial charge in [-0.25, -0.2) is 0 Å². The van der Waals surface area contributed by atoms with E-state index in [0.717, 1.165) is 36.5 Å². The van der Waals surface area contributed by atoms with E-state index in [0.29, 0.717) is 13.2 Å². The van der Waals surface area contributed by atoms with E-state index < -0.39 is 5.60 Å². The molecule has 1 atom stereocenters. The van der Waals surface area contributed by atoms with Crippen molar-refractivity contribution >= 4 is 0 Å². The summed E-state index contributed by atoms with van der Waals surface area (Å²) < 4.78 is 5.81. The van der Waals surface area contributed by atoms with Crippen LogP contribution in [0.5, 0.6) is 5.75 Å². The molecule has 1 saturated heterocycles. The van der Waals surface area contributed by atoms with Crippen molar-refractivity contribution in [2.75, 3.05) is 19.7 Å². The SMILES string of the molecule is Cc1cccc(OCC2(O)CCN(Cc3cccnc3C)C2)c1. The highest BCUT2D eigenvalue weighted by molar-refractivity contribution is 5.27. The number of hydrogen-bond donors (Lipinski definition) is 1. The van der Waals surface area contributed by atoms with Crippen molar-refractivity contribution in [1.82, 2.24) is 9.88 Å². The largest absolute Gasteiger partial charge is 0.491 e. The molecule has 0 spiro atoms. The fourth-order valence-electron chi connectivity index (χ4n) is 3.04. The predicted octanol–water partition coefficient (Wildman–Crippen LogP) is 2.71. The van der Waals surface area contributed by atoms with Crippen molar-refractivity contribution in [3.63, 3.8) is 0 Å².